The summed E-state index contributed by atoms with van der Waals surface area (Å²) in [6.07, 6.45) is 6.21. The first kappa shape index (κ1) is 17.3. The molecular formula is C22H18N5O+. The smallest absolute Gasteiger partial charge is 0.299 e. The summed E-state index contributed by atoms with van der Waals surface area (Å²) >= 11 is 0. The van der Waals surface area contributed by atoms with E-state index in [0.717, 1.165) is 11.1 Å². The molecule has 0 saturated heterocycles. The molecule has 0 aliphatic carbocycles. The molecule has 0 unspecified atom stereocenters. The summed E-state index contributed by atoms with van der Waals surface area (Å²) in [4.78, 5) is 14.2. The first-order valence-corrected chi connectivity index (χ1v) is 8.79. The minimum absolute atomic E-state index is 0.168. The van der Waals surface area contributed by atoms with Crippen LogP contribution in [0, 0.1) is 11.3 Å². The van der Waals surface area contributed by atoms with E-state index in [1.165, 1.54) is 28.7 Å². The molecule has 0 amide bonds. The van der Waals surface area contributed by atoms with Gasteiger partial charge < -0.3 is 4.90 Å². The number of nitrogens with two attached hydrogens (primary N) is 1. The van der Waals surface area contributed by atoms with Crippen LogP contribution >= 0.6 is 0 Å². The summed E-state index contributed by atoms with van der Waals surface area (Å²) in [5, 5.41) is 11.6. The Morgan fingerprint density at radius 2 is 1.86 bits per heavy atom. The highest BCUT2D eigenvalue weighted by Crippen LogP contribution is 2.26. The van der Waals surface area contributed by atoms with E-state index in [9.17, 15) is 4.79 Å². The third kappa shape index (κ3) is 3.69. The van der Waals surface area contributed by atoms with Gasteiger partial charge in [-0.1, -0.05) is 54.6 Å². The van der Waals surface area contributed by atoms with Crippen LogP contribution in [0.2, 0.25) is 0 Å². The van der Waals surface area contributed by atoms with Crippen LogP contribution in [0.1, 0.15) is 11.1 Å². The zero-order valence-electron chi connectivity index (χ0n) is 15.0. The normalized spacial score (nSPS) is 13.0. The van der Waals surface area contributed by atoms with Gasteiger partial charge >= 0.3 is 0 Å². The highest BCUT2D eigenvalue weighted by molar-refractivity contribution is 6.08. The minimum Gasteiger partial charge on any atom is -0.337 e. The summed E-state index contributed by atoms with van der Waals surface area (Å²) in [6, 6.07) is 20.5. The zero-order chi connectivity index (χ0) is 19.5. The number of aromatic amines is 1. The summed E-state index contributed by atoms with van der Waals surface area (Å²) in [5.74, 6) is 0.0606. The fourth-order valence-corrected chi connectivity index (χ4v) is 2.93. The number of nitrogens with zero attached hydrogens (tertiary/aromatic N) is 3. The SMILES string of the molecule is N#Cc1c[nH][n+](/C(N)=C/C(=O)C2=CN2Cc2ccc(-c3ccccc3)cc2)c1. The Labute approximate surface area is 162 Å². The fourth-order valence-electron chi connectivity index (χ4n) is 2.93. The van der Waals surface area contributed by atoms with Crippen LogP contribution in [0.25, 0.3) is 16.9 Å². The van der Waals surface area contributed by atoms with Gasteiger partial charge in [0.1, 0.15) is 23.5 Å². The van der Waals surface area contributed by atoms with Crippen LogP contribution in [-0.2, 0) is 11.3 Å². The van der Waals surface area contributed by atoms with Crippen molar-refractivity contribution in [3.63, 3.8) is 0 Å². The largest absolute Gasteiger partial charge is 0.337 e. The average molecular weight is 368 g/mol. The lowest BCUT2D eigenvalue weighted by Crippen LogP contribution is -2.38. The summed E-state index contributed by atoms with van der Waals surface area (Å²) in [7, 11) is 0. The third-order valence-electron chi connectivity index (χ3n) is 4.50. The number of carbonyl (C=O) groups is 1. The number of nitriles is 1. The fraction of sp³-hybridized carbons (Fsp3) is 0.0455. The maximum Gasteiger partial charge on any atom is 0.299 e. The van der Waals surface area contributed by atoms with Gasteiger partial charge in [-0.2, -0.15) is 5.26 Å². The number of rotatable bonds is 6. The number of hydrogen-bond donors (Lipinski definition) is 2. The minimum atomic E-state index is -0.168. The van der Waals surface area contributed by atoms with Gasteiger partial charge in [0, 0.05) is 12.7 Å². The van der Waals surface area contributed by atoms with Crippen molar-refractivity contribution in [1.29, 1.82) is 5.26 Å². The van der Waals surface area contributed by atoms with Crippen LogP contribution < -0.4 is 10.4 Å². The molecule has 2 heterocycles. The van der Waals surface area contributed by atoms with Gasteiger partial charge in [0.15, 0.2) is 0 Å². The van der Waals surface area contributed by atoms with Gasteiger partial charge in [-0.25, -0.2) is 5.10 Å². The summed E-state index contributed by atoms with van der Waals surface area (Å²) in [6.45, 7) is 0.637. The quantitative estimate of drug-likeness (QED) is 0.517. The number of ketones is 1. The molecule has 0 radical (unpaired) electrons. The predicted molar refractivity (Wildman–Crippen MR) is 105 cm³/mol. The molecule has 6 heteroatoms. The van der Waals surface area contributed by atoms with E-state index in [1.54, 1.807) is 6.20 Å². The number of H-pyrrole nitrogens is 1. The van der Waals surface area contributed by atoms with Crippen molar-refractivity contribution in [2.45, 2.75) is 6.54 Å². The zero-order valence-corrected chi connectivity index (χ0v) is 15.0. The lowest BCUT2D eigenvalue weighted by Gasteiger charge is -2.07. The number of benzene rings is 2. The molecule has 1 aliphatic rings. The Hall–Kier alpha value is -4.11. The lowest BCUT2D eigenvalue weighted by molar-refractivity contribution is -0.643. The highest BCUT2D eigenvalue weighted by Gasteiger charge is 2.27. The molecular weight excluding hydrogens is 350 g/mol. The molecule has 3 N–H and O–H groups in total. The Morgan fingerprint density at radius 1 is 1.14 bits per heavy atom. The van der Waals surface area contributed by atoms with Crippen molar-refractivity contribution in [3.05, 3.63) is 96.1 Å². The second kappa shape index (κ2) is 7.25. The third-order valence-corrected chi connectivity index (χ3v) is 4.50. The number of aromatic nitrogens is 2. The Balaban J connectivity index is 1.36. The maximum absolute atomic E-state index is 12.3. The van der Waals surface area contributed by atoms with Gasteiger partial charge in [0.05, 0.1) is 12.3 Å². The van der Waals surface area contributed by atoms with Gasteiger partial charge in [-0.3, -0.25) is 10.5 Å². The van der Waals surface area contributed by atoms with Gasteiger partial charge in [0.2, 0.25) is 5.78 Å². The lowest BCUT2D eigenvalue weighted by atomic mass is 10.0. The van der Waals surface area contributed by atoms with Crippen molar-refractivity contribution < 1.29 is 9.48 Å². The first-order chi connectivity index (χ1) is 13.6. The number of nitrogens with one attached hydrogen (secondary N) is 1. The first-order valence-electron chi connectivity index (χ1n) is 8.79. The van der Waals surface area contributed by atoms with Gasteiger partial charge in [-0.05, 0) is 16.7 Å². The van der Waals surface area contributed by atoms with Crippen molar-refractivity contribution in [1.82, 2.24) is 10.00 Å². The predicted octanol–water partition coefficient (Wildman–Crippen LogP) is 2.52. The van der Waals surface area contributed by atoms with E-state index in [2.05, 4.69) is 41.5 Å². The Kier molecular flexibility index (Phi) is 4.48. The molecule has 0 spiro atoms. The molecule has 0 saturated carbocycles. The second-order valence-corrected chi connectivity index (χ2v) is 6.48. The molecule has 0 fully saturated rings. The van der Waals surface area contributed by atoms with Crippen LogP contribution in [-0.4, -0.2) is 15.8 Å². The van der Waals surface area contributed by atoms with Crippen LogP contribution in [0.5, 0.6) is 0 Å². The second-order valence-electron chi connectivity index (χ2n) is 6.48. The summed E-state index contributed by atoms with van der Waals surface area (Å²) in [5.41, 5.74) is 10.4. The molecule has 2 aromatic carbocycles. The molecule has 0 atom stereocenters. The molecule has 1 aliphatic heterocycles. The van der Waals surface area contributed by atoms with E-state index >= 15 is 0 Å². The van der Waals surface area contributed by atoms with Crippen LogP contribution in [0.4, 0.5) is 0 Å². The van der Waals surface area contributed by atoms with E-state index in [-0.39, 0.29) is 11.6 Å². The molecule has 1 aromatic heterocycles. The van der Waals surface area contributed by atoms with Gasteiger partial charge in [-0.15, -0.1) is 4.68 Å². The number of carbonyl (C=O) groups excluding carboxylic acids is 1. The number of hydrogen-bond acceptors (Lipinski definition) is 4. The van der Waals surface area contributed by atoms with Gasteiger partial charge in [0.25, 0.3) is 5.82 Å². The Bertz CT molecular complexity index is 1120. The molecule has 28 heavy (non-hydrogen) atoms. The molecule has 136 valence electrons. The van der Waals surface area contributed by atoms with E-state index in [1.807, 2.05) is 29.2 Å². The molecule has 4 rings (SSSR count). The van der Waals surface area contributed by atoms with E-state index < -0.39 is 0 Å². The average Bonchev–Trinajstić information content (AvgIpc) is 3.32. The topological polar surface area (TPSA) is 89.6 Å². The summed E-state index contributed by atoms with van der Waals surface area (Å²) < 4.78 is 1.44. The van der Waals surface area contributed by atoms with E-state index in [0.29, 0.717) is 17.8 Å². The van der Waals surface area contributed by atoms with Crippen molar-refractivity contribution in [3.8, 4) is 17.2 Å². The van der Waals surface area contributed by atoms with Crippen molar-refractivity contribution in [2.24, 2.45) is 5.73 Å². The molecule has 6 nitrogen and oxygen atoms in total. The van der Waals surface area contributed by atoms with Crippen LogP contribution in [0.15, 0.2) is 85.0 Å². The monoisotopic (exact) mass is 368 g/mol. The molecule has 3 aromatic rings. The standard InChI is InChI=1S/C22H17N5O/c23-11-17-12-25-27(14-17)22(24)10-21(28)20-15-26(20)13-16-6-8-19(9-7-16)18-4-2-1-3-5-18/h1-10,12,14-15H,13H2,(H2,24,28)/p+1. The van der Waals surface area contributed by atoms with Crippen molar-refractivity contribution >= 4 is 11.6 Å². The van der Waals surface area contributed by atoms with E-state index in [4.69, 9.17) is 11.0 Å². The van der Waals surface area contributed by atoms with Crippen LogP contribution in [0.3, 0.4) is 0 Å². The number of allylic oxidation sites excluding steroid dienone is 1. The highest BCUT2D eigenvalue weighted by atomic mass is 16.1. The van der Waals surface area contributed by atoms with Crippen molar-refractivity contribution in [2.75, 3.05) is 0 Å². The Morgan fingerprint density at radius 3 is 2.54 bits per heavy atom. The maximum atomic E-state index is 12.3. The molecule has 0 bridgehead atoms.